The Balaban J connectivity index is 1.85. The second kappa shape index (κ2) is 7.57. The monoisotopic (exact) mass is 337 g/mol. The van der Waals surface area contributed by atoms with E-state index in [1.165, 1.54) is 0 Å². The number of carbonyl (C=O) groups is 3. The highest BCUT2D eigenvalue weighted by Crippen LogP contribution is 2.28. The molecule has 1 aliphatic rings. The van der Waals surface area contributed by atoms with Crippen molar-refractivity contribution in [1.82, 2.24) is 15.1 Å². The Morgan fingerprint density at radius 3 is 2.65 bits per heavy atom. The predicted octanol–water partition coefficient (Wildman–Crippen LogP) is 1.39. The minimum Gasteiger partial charge on any atom is -0.356 e. The van der Waals surface area contributed by atoms with Gasteiger partial charge in [-0.2, -0.15) is 0 Å². The van der Waals surface area contributed by atoms with Crippen molar-refractivity contribution in [2.24, 2.45) is 0 Å². The van der Waals surface area contributed by atoms with Crippen molar-refractivity contribution >= 4 is 29.3 Å². The standard InChI is InChI=1S/C16H20ClN3O3/c1-19(2)9-4-8-18-13(21)7-10-20-15(22)11-5-3-6-12(17)14(11)16(20)23/h3,5-6H,4,7-10H2,1-2H3,(H,18,21). The molecule has 1 N–H and O–H groups in total. The summed E-state index contributed by atoms with van der Waals surface area (Å²) in [7, 11) is 3.93. The zero-order valence-electron chi connectivity index (χ0n) is 13.3. The lowest BCUT2D eigenvalue weighted by Gasteiger charge is -2.14. The fourth-order valence-corrected chi connectivity index (χ4v) is 2.68. The molecule has 0 atom stereocenters. The molecule has 0 spiro atoms. The number of carbonyl (C=O) groups excluding carboxylic acids is 3. The van der Waals surface area contributed by atoms with Gasteiger partial charge in [0.25, 0.3) is 11.8 Å². The minimum atomic E-state index is -0.434. The molecule has 1 heterocycles. The van der Waals surface area contributed by atoms with E-state index in [1.54, 1.807) is 18.2 Å². The van der Waals surface area contributed by atoms with Crippen LogP contribution < -0.4 is 5.32 Å². The first kappa shape index (κ1) is 17.4. The molecule has 1 aliphatic heterocycles. The second-order valence-electron chi connectivity index (χ2n) is 5.68. The van der Waals surface area contributed by atoms with Crippen LogP contribution in [0.2, 0.25) is 5.02 Å². The van der Waals surface area contributed by atoms with Crippen LogP contribution in [-0.4, -0.2) is 61.3 Å². The first-order valence-corrected chi connectivity index (χ1v) is 7.85. The number of imide groups is 1. The summed E-state index contributed by atoms with van der Waals surface area (Å²) in [5.41, 5.74) is 0.527. The SMILES string of the molecule is CN(C)CCCNC(=O)CCN1C(=O)c2cccc(Cl)c2C1=O. The summed E-state index contributed by atoms with van der Waals surface area (Å²) in [4.78, 5) is 39.4. The number of hydrogen-bond donors (Lipinski definition) is 1. The summed E-state index contributed by atoms with van der Waals surface area (Å²) in [5.74, 6) is -1.00. The Kier molecular flexibility index (Phi) is 5.74. The number of hydrogen-bond acceptors (Lipinski definition) is 4. The van der Waals surface area contributed by atoms with E-state index in [1.807, 2.05) is 19.0 Å². The lowest BCUT2D eigenvalue weighted by Crippen LogP contribution is -2.35. The van der Waals surface area contributed by atoms with Crippen molar-refractivity contribution in [1.29, 1.82) is 0 Å². The lowest BCUT2D eigenvalue weighted by molar-refractivity contribution is -0.121. The molecule has 6 nitrogen and oxygen atoms in total. The maximum absolute atomic E-state index is 12.3. The predicted molar refractivity (Wildman–Crippen MR) is 87.6 cm³/mol. The summed E-state index contributed by atoms with van der Waals surface area (Å²) in [6.07, 6.45) is 0.937. The third-order valence-electron chi connectivity index (χ3n) is 3.61. The molecule has 1 aromatic carbocycles. The van der Waals surface area contributed by atoms with E-state index in [0.717, 1.165) is 17.9 Å². The van der Waals surface area contributed by atoms with Crippen molar-refractivity contribution in [3.05, 3.63) is 34.3 Å². The number of halogens is 1. The van der Waals surface area contributed by atoms with Gasteiger partial charge in [-0.1, -0.05) is 17.7 Å². The zero-order valence-corrected chi connectivity index (χ0v) is 14.0. The quantitative estimate of drug-likeness (QED) is 0.603. The summed E-state index contributed by atoms with van der Waals surface area (Å²) in [5, 5.41) is 3.04. The van der Waals surface area contributed by atoms with Crippen LogP contribution in [0.15, 0.2) is 18.2 Å². The van der Waals surface area contributed by atoms with Crippen LogP contribution in [0, 0.1) is 0 Å². The van der Waals surface area contributed by atoms with Gasteiger partial charge in [-0.05, 0) is 39.2 Å². The van der Waals surface area contributed by atoms with Crippen LogP contribution in [-0.2, 0) is 4.79 Å². The van der Waals surface area contributed by atoms with Crippen LogP contribution in [0.25, 0.3) is 0 Å². The van der Waals surface area contributed by atoms with Crippen molar-refractivity contribution in [3.8, 4) is 0 Å². The van der Waals surface area contributed by atoms with Crippen molar-refractivity contribution in [2.75, 3.05) is 33.7 Å². The summed E-state index contributed by atoms with van der Waals surface area (Å²) in [6.45, 7) is 1.52. The molecular formula is C16H20ClN3O3. The molecule has 7 heteroatoms. The lowest BCUT2D eigenvalue weighted by atomic mass is 10.1. The highest BCUT2D eigenvalue weighted by Gasteiger charge is 2.36. The first-order chi connectivity index (χ1) is 10.9. The van der Waals surface area contributed by atoms with E-state index in [9.17, 15) is 14.4 Å². The zero-order chi connectivity index (χ0) is 17.0. The molecule has 0 fully saturated rings. The molecule has 0 radical (unpaired) electrons. The van der Waals surface area contributed by atoms with Crippen molar-refractivity contribution in [2.45, 2.75) is 12.8 Å². The third-order valence-corrected chi connectivity index (χ3v) is 3.93. The van der Waals surface area contributed by atoms with E-state index in [4.69, 9.17) is 11.6 Å². The average molecular weight is 338 g/mol. The number of nitrogens with zero attached hydrogens (tertiary/aromatic N) is 2. The Hall–Kier alpha value is -1.92. The largest absolute Gasteiger partial charge is 0.356 e. The second-order valence-corrected chi connectivity index (χ2v) is 6.09. The Morgan fingerprint density at radius 1 is 1.26 bits per heavy atom. The molecular weight excluding hydrogens is 318 g/mol. The van der Waals surface area contributed by atoms with Gasteiger partial charge in [-0.3, -0.25) is 19.3 Å². The fourth-order valence-electron chi connectivity index (χ4n) is 2.42. The number of amides is 3. The fraction of sp³-hybridized carbons (Fsp3) is 0.438. The molecule has 2 rings (SSSR count). The van der Waals surface area contributed by atoms with Crippen LogP contribution in [0.5, 0.6) is 0 Å². The van der Waals surface area contributed by atoms with Crippen molar-refractivity contribution < 1.29 is 14.4 Å². The average Bonchev–Trinajstić information content (AvgIpc) is 2.74. The molecule has 1 aromatic rings. The molecule has 0 bridgehead atoms. The maximum atomic E-state index is 12.3. The van der Waals surface area contributed by atoms with Gasteiger partial charge in [-0.25, -0.2) is 0 Å². The highest BCUT2D eigenvalue weighted by molar-refractivity contribution is 6.37. The molecule has 0 saturated heterocycles. The molecule has 124 valence electrons. The van der Waals surface area contributed by atoms with Crippen LogP contribution in [0.1, 0.15) is 33.6 Å². The summed E-state index contributed by atoms with van der Waals surface area (Å²) in [6, 6.07) is 4.78. The normalized spacial score (nSPS) is 13.7. The maximum Gasteiger partial charge on any atom is 0.263 e. The van der Waals surface area contributed by atoms with Crippen molar-refractivity contribution in [3.63, 3.8) is 0 Å². The van der Waals surface area contributed by atoms with Gasteiger partial charge < -0.3 is 10.2 Å². The Bertz CT molecular complexity index is 631. The van der Waals surface area contributed by atoms with Crippen LogP contribution in [0.3, 0.4) is 0 Å². The third kappa shape index (κ3) is 4.09. The van der Waals surface area contributed by atoms with E-state index in [2.05, 4.69) is 5.32 Å². The minimum absolute atomic E-state index is 0.0577. The molecule has 23 heavy (non-hydrogen) atoms. The van der Waals surface area contributed by atoms with Gasteiger partial charge in [0.2, 0.25) is 5.91 Å². The van der Waals surface area contributed by atoms with Crippen LogP contribution >= 0.6 is 11.6 Å². The molecule has 0 aromatic heterocycles. The summed E-state index contributed by atoms with van der Waals surface area (Å²) < 4.78 is 0. The number of rotatable bonds is 7. The highest BCUT2D eigenvalue weighted by atomic mass is 35.5. The first-order valence-electron chi connectivity index (χ1n) is 7.48. The molecule has 0 saturated carbocycles. The van der Waals surface area contributed by atoms with E-state index >= 15 is 0 Å². The summed E-state index contributed by atoms with van der Waals surface area (Å²) >= 11 is 5.98. The van der Waals surface area contributed by atoms with Gasteiger partial charge in [0, 0.05) is 19.5 Å². The van der Waals surface area contributed by atoms with E-state index < -0.39 is 11.8 Å². The number of nitrogens with one attached hydrogen (secondary N) is 1. The topological polar surface area (TPSA) is 69.7 Å². The van der Waals surface area contributed by atoms with Gasteiger partial charge >= 0.3 is 0 Å². The molecule has 3 amide bonds. The van der Waals surface area contributed by atoms with Gasteiger partial charge in [-0.15, -0.1) is 0 Å². The number of fused-ring (bicyclic) bond motifs is 1. The molecule has 0 aliphatic carbocycles. The Labute approximate surface area is 140 Å². The smallest absolute Gasteiger partial charge is 0.263 e. The van der Waals surface area contributed by atoms with Crippen LogP contribution in [0.4, 0.5) is 0 Å². The number of benzene rings is 1. The van der Waals surface area contributed by atoms with Gasteiger partial charge in [0.05, 0.1) is 16.1 Å². The van der Waals surface area contributed by atoms with Gasteiger partial charge in [0.15, 0.2) is 0 Å². The molecule has 0 unspecified atom stereocenters. The van der Waals surface area contributed by atoms with E-state index in [-0.39, 0.29) is 29.5 Å². The Morgan fingerprint density at radius 2 is 2.00 bits per heavy atom. The van der Waals surface area contributed by atoms with Gasteiger partial charge in [0.1, 0.15) is 0 Å². The van der Waals surface area contributed by atoms with E-state index in [0.29, 0.717) is 12.1 Å².